The zero-order valence-corrected chi connectivity index (χ0v) is 20.4. The standard InChI is InChI=1S/C23H26ClN5O4S/c1-3-11-34(31,32)16-8-6-15(7-9-16)33-13-20(30)27-19-12-14(5-10-17(19)24)21-18(4-2)28-23(26)29-22(21)25/h5-10,12H,3-4,11,13H2,1-2H3,(H,27,30)(H4,25,26,28,29). The van der Waals surface area contributed by atoms with Crippen LogP contribution in [-0.4, -0.2) is 36.7 Å². The largest absolute Gasteiger partial charge is 0.484 e. The summed E-state index contributed by atoms with van der Waals surface area (Å²) in [6, 6.07) is 11.0. The van der Waals surface area contributed by atoms with Crippen LogP contribution in [-0.2, 0) is 21.1 Å². The van der Waals surface area contributed by atoms with E-state index in [1.54, 1.807) is 25.1 Å². The molecule has 9 nitrogen and oxygen atoms in total. The van der Waals surface area contributed by atoms with E-state index in [1.807, 2.05) is 6.92 Å². The monoisotopic (exact) mass is 503 g/mol. The van der Waals surface area contributed by atoms with Crippen molar-refractivity contribution in [1.82, 2.24) is 9.97 Å². The zero-order chi connectivity index (χ0) is 24.9. The number of carbonyl (C=O) groups excluding carboxylic acids is 1. The summed E-state index contributed by atoms with van der Waals surface area (Å²) in [5, 5.41) is 3.04. The number of halogens is 1. The van der Waals surface area contributed by atoms with Crippen LogP contribution in [0.15, 0.2) is 47.4 Å². The van der Waals surface area contributed by atoms with Gasteiger partial charge in [-0.15, -0.1) is 0 Å². The number of anilines is 3. The van der Waals surface area contributed by atoms with Crippen LogP contribution in [0.25, 0.3) is 11.1 Å². The summed E-state index contributed by atoms with van der Waals surface area (Å²) in [5.74, 6) is 0.317. The summed E-state index contributed by atoms with van der Waals surface area (Å²) in [6.07, 6.45) is 1.12. The molecule has 34 heavy (non-hydrogen) atoms. The highest BCUT2D eigenvalue weighted by Gasteiger charge is 2.16. The Morgan fingerprint density at radius 1 is 1.09 bits per heavy atom. The van der Waals surface area contributed by atoms with Gasteiger partial charge in [-0.2, -0.15) is 4.98 Å². The van der Waals surface area contributed by atoms with E-state index in [4.69, 9.17) is 27.8 Å². The number of nitrogens with two attached hydrogens (primary N) is 2. The van der Waals surface area contributed by atoms with E-state index in [0.29, 0.717) is 46.1 Å². The molecule has 0 fully saturated rings. The van der Waals surface area contributed by atoms with Crippen LogP contribution in [0.2, 0.25) is 5.02 Å². The summed E-state index contributed by atoms with van der Waals surface area (Å²) in [6.45, 7) is 3.43. The number of carbonyl (C=O) groups is 1. The number of aryl methyl sites for hydroxylation is 1. The van der Waals surface area contributed by atoms with Crippen molar-refractivity contribution < 1.29 is 17.9 Å². The van der Waals surface area contributed by atoms with Crippen LogP contribution in [0.3, 0.4) is 0 Å². The second-order valence-electron chi connectivity index (χ2n) is 7.46. The molecule has 3 aromatic rings. The highest BCUT2D eigenvalue weighted by atomic mass is 35.5. The molecule has 1 heterocycles. The Bertz CT molecular complexity index is 1300. The normalized spacial score (nSPS) is 11.3. The maximum Gasteiger partial charge on any atom is 0.262 e. The first-order valence-electron chi connectivity index (χ1n) is 10.6. The average molecular weight is 504 g/mol. The number of benzene rings is 2. The lowest BCUT2D eigenvalue weighted by molar-refractivity contribution is -0.118. The smallest absolute Gasteiger partial charge is 0.262 e. The van der Waals surface area contributed by atoms with Crippen molar-refractivity contribution in [1.29, 1.82) is 0 Å². The second kappa shape index (κ2) is 10.7. The lowest BCUT2D eigenvalue weighted by atomic mass is 10.0. The number of sulfone groups is 1. The molecule has 0 saturated carbocycles. The summed E-state index contributed by atoms with van der Waals surface area (Å²) in [5.41, 5.74) is 14.1. The highest BCUT2D eigenvalue weighted by Crippen LogP contribution is 2.33. The third-order valence-corrected chi connectivity index (χ3v) is 7.18. The molecule has 0 aliphatic carbocycles. The number of hydrogen-bond donors (Lipinski definition) is 3. The van der Waals surface area contributed by atoms with E-state index in [0.717, 1.165) is 0 Å². The van der Waals surface area contributed by atoms with Gasteiger partial charge in [0.15, 0.2) is 16.4 Å². The third-order valence-electron chi connectivity index (χ3n) is 4.92. The fourth-order valence-electron chi connectivity index (χ4n) is 3.36. The molecule has 1 aromatic heterocycles. The number of amides is 1. The SMILES string of the molecule is CCCS(=O)(=O)c1ccc(OCC(=O)Nc2cc(-c3c(N)nc(N)nc3CC)ccc2Cl)cc1. The zero-order valence-electron chi connectivity index (χ0n) is 18.8. The van der Waals surface area contributed by atoms with E-state index >= 15 is 0 Å². The number of aromatic nitrogens is 2. The fraction of sp³-hybridized carbons (Fsp3) is 0.261. The molecule has 0 spiro atoms. The van der Waals surface area contributed by atoms with Gasteiger partial charge in [-0.3, -0.25) is 4.79 Å². The van der Waals surface area contributed by atoms with Gasteiger partial charge in [-0.25, -0.2) is 13.4 Å². The molecular formula is C23H26ClN5O4S. The van der Waals surface area contributed by atoms with Crippen LogP contribution in [0.5, 0.6) is 5.75 Å². The predicted octanol–water partition coefficient (Wildman–Crippen LogP) is 3.73. The number of hydrogen-bond acceptors (Lipinski definition) is 8. The summed E-state index contributed by atoms with van der Waals surface area (Å²) in [4.78, 5) is 21.0. The first-order chi connectivity index (χ1) is 16.1. The quantitative estimate of drug-likeness (QED) is 0.399. The van der Waals surface area contributed by atoms with E-state index in [1.165, 1.54) is 24.3 Å². The van der Waals surface area contributed by atoms with Crippen molar-refractivity contribution in [3.63, 3.8) is 0 Å². The minimum Gasteiger partial charge on any atom is -0.484 e. The van der Waals surface area contributed by atoms with E-state index < -0.39 is 15.7 Å². The molecule has 0 radical (unpaired) electrons. The van der Waals surface area contributed by atoms with Gasteiger partial charge in [0.2, 0.25) is 5.95 Å². The molecule has 180 valence electrons. The molecule has 0 aliphatic rings. The maximum absolute atomic E-state index is 12.5. The lowest BCUT2D eigenvalue weighted by Crippen LogP contribution is -2.20. The van der Waals surface area contributed by atoms with Crippen molar-refractivity contribution in [3.8, 4) is 16.9 Å². The predicted molar refractivity (Wildman–Crippen MR) is 134 cm³/mol. The second-order valence-corrected chi connectivity index (χ2v) is 9.98. The number of rotatable bonds is 9. The van der Waals surface area contributed by atoms with Crippen molar-refractivity contribution in [2.45, 2.75) is 31.6 Å². The molecule has 11 heteroatoms. The molecule has 0 atom stereocenters. The molecule has 0 bridgehead atoms. The molecular weight excluding hydrogens is 478 g/mol. The van der Waals surface area contributed by atoms with Crippen molar-refractivity contribution >= 4 is 44.8 Å². The van der Waals surface area contributed by atoms with Crippen LogP contribution >= 0.6 is 11.6 Å². The van der Waals surface area contributed by atoms with Crippen LogP contribution in [0.1, 0.15) is 26.0 Å². The Hall–Kier alpha value is -3.37. The summed E-state index contributed by atoms with van der Waals surface area (Å²) >= 11 is 6.27. The van der Waals surface area contributed by atoms with Gasteiger partial charge in [-0.05, 0) is 54.8 Å². The Balaban J connectivity index is 1.72. The Kier molecular flexibility index (Phi) is 7.95. The number of ether oxygens (including phenoxy) is 1. The minimum atomic E-state index is -3.32. The number of nitrogens with one attached hydrogen (secondary N) is 1. The van der Waals surface area contributed by atoms with Gasteiger partial charge >= 0.3 is 0 Å². The Morgan fingerprint density at radius 2 is 1.79 bits per heavy atom. The topological polar surface area (TPSA) is 150 Å². The molecule has 0 unspecified atom stereocenters. The highest BCUT2D eigenvalue weighted by molar-refractivity contribution is 7.91. The van der Waals surface area contributed by atoms with Crippen LogP contribution in [0, 0.1) is 0 Å². The first-order valence-corrected chi connectivity index (χ1v) is 12.6. The molecule has 0 saturated heterocycles. The van der Waals surface area contributed by atoms with Crippen LogP contribution in [0.4, 0.5) is 17.5 Å². The van der Waals surface area contributed by atoms with Crippen molar-refractivity contribution in [2.24, 2.45) is 0 Å². The van der Waals surface area contributed by atoms with Gasteiger partial charge in [0.05, 0.1) is 27.1 Å². The van der Waals surface area contributed by atoms with E-state index in [2.05, 4.69) is 15.3 Å². The Labute approximate surface area is 203 Å². The van der Waals surface area contributed by atoms with Crippen LogP contribution < -0.4 is 21.5 Å². The molecule has 3 rings (SSSR count). The first kappa shape index (κ1) is 25.3. The van der Waals surface area contributed by atoms with Gasteiger partial charge in [-0.1, -0.05) is 31.5 Å². The fourth-order valence-corrected chi connectivity index (χ4v) is 4.85. The maximum atomic E-state index is 12.5. The van der Waals surface area contributed by atoms with Gasteiger partial charge in [0, 0.05) is 5.56 Å². The van der Waals surface area contributed by atoms with E-state index in [-0.39, 0.29) is 29.0 Å². The molecule has 0 aliphatic heterocycles. The third kappa shape index (κ3) is 5.95. The summed E-state index contributed by atoms with van der Waals surface area (Å²) < 4.78 is 29.7. The molecule has 1 amide bonds. The molecule has 5 N–H and O–H groups in total. The Morgan fingerprint density at radius 3 is 2.44 bits per heavy atom. The van der Waals surface area contributed by atoms with Gasteiger partial charge in [0.25, 0.3) is 5.91 Å². The average Bonchev–Trinajstić information content (AvgIpc) is 2.79. The van der Waals surface area contributed by atoms with Crippen molar-refractivity contribution in [3.05, 3.63) is 53.2 Å². The van der Waals surface area contributed by atoms with Crippen molar-refractivity contribution in [2.75, 3.05) is 29.1 Å². The van der Waals surface area contributed by atoms with E-state index in [9.17, 15) is 13.2 Å². The van der Waals surface area contributed by atoms with Gasteiger partial charge in [0.1, 0.15) is 11.6 Å². The molecule has 2 aromatic carbocycles. The summed E-state index contributed by atoms with van der Waals surface area (Å²) in [7, 11) is -3.32. The number of nitrogens with zero attached hydrogens (tertiary/aromatic N) is 2. The number of nitrogen functional groups attached to an aromatic ring is 2. The van der Waals surface area contributed by atoms with Gasteiger partial charge < -0.3 is 21.5 Å². The lowest BCUT2D eigenvalue weighted by Gasteiger charge is -2.14. The minimum absolute atomic E-state index is 0.0727.